The maximum absolute atomic E-state index is 9.72. The largest absolute Gasteiger partial charge is 0.407 e. The van der Waals surface area contributed by atoms with Crippen LogP contribution in [0.2, 0.25) is 0 Å². The van der Waals surface area contributed by atoms with Crippen LogP contribution in [0.15, 0.2) is 0 Å². The van der Waals surface area contributed by atoms with Crippen LogP contribution in [-0.4, -0.2) is 12.2 Å². The maximum Gasteiger partial charge on any atom is 0.407 e. The van der Waals surface area contributed by atoms with Crippen molar-refractivity contribution < 1.29 is 19.1 Å². The summed E-state index contributed by atoms with van der Waals surface area (Å²) in [5, 5.41) is 0. The number of primary amides is 2. The molecule has 6 nitrogen and oxygen atoms in total. The Morgan fingerprint density at radius 2 is 1.44 bits per heavy atom. The van der Waals surface area contributed by atoms with Crippen LogP contribution >= 0.6 is 0 Å². The van der Waals surface area contributed by atoms with Crippen molar-refractivity contribution in [1.82, 2.24) is 0 Å². The van der Waals surface area contributed by atoms with Crippen LogP contribution in [0.25, 0.3) is 0 Å². The van der Waals surface area contributed by atoms with E-state index in [2.05, 4.69) is 20.9 Å². The van der Waals surface area contributed by atoms with Crippen molar-refractivity contribution in [3.63, 3.8) is 0 Å². The number of ether oxygens (including phenoxy) is 2. The van der Waals surface area contributed by atoms with Gasteiger partial charge in [0.15, 0.2) is 0 Å². The molecule has 0 saturated heterocycles. The van der Waals surface area contributed by atoms with Crippen LogP contribution in [-0.2, 0) is 9.47 Å². The van der Waals surface area contributed by atoms with Crippen LogP contribution in [0.3, 0.4) is 0 Å². The van der Waals surface area contributed by atoms with Gasteiger partial charge in [0.05, 0.1) is 0 Å². The first kappa shape index (κ1) is 7.54. The van der Waals surface area contributed by atoms with Crippen LogP contribution < -0.4 is 11.5 Å². The molecule has 0 aromatic rings. The molecule has 1 radical (unpaired) electrons. The van der Waals surface area contributed by atoms with Crippen LogP contribution in [0.5, 0.6) is 0 Å². The molecular formula is C3H5N2O4. The summed E-state index contributed by atoms with van der Waals surface area (Å²) in [7, 11) is 0. The molecule has 0 aromatic carbocycles. The van der Waals surface area contributed by atoms with E-state index in [1.807, 2.05) is 0 Å². The van der Waals surface area contributed by atoms with E-state index < -0.39 is 12.2 Å². The van der Waals surface area contributed by atoms with Crippen LogP contribution in [0.1, 0.15) is 0 Å². The van der Waals surface area contributed by atoms with Crippen molar-refractivity contribution in [2.45, 2.75) is 0 Å². The van der Waals surface area contributed by atoms with Gasteiger partial charge in [-0.2, -0.15) is 0 Å². The van der Waals surface area contributed by atoms with E-state index in [1.165, 1.54) is 0 Å². The van der Waals surface area contributed by atoms with E-state index in [0.29, 0.717) is 6.79 Å². The summed E-state index contributed by atoms with van der Waals surface area (Å²) in [5.41, 5.74) is 8.91. The molecule has 0 heterocycles. The smallest absolute Gasteiger partial charge is 0.401 e. The highest BCUT2D eigenvalue weighted by Crippen LogP contribution is 1.82. The van der Waals surface area contributed by atoms with Gasteiger partial charge in [-0.25, -0.2) is 9.59 Å². The molecule has 2 amide bonds. The summed E-state index contributed by atoms with van der Waals surface area (Å²) in [6, 6.07) is 0. The Balaban J connectivity index is 3.10. The monoisotopic (exact) mass is 133 g/mol. The van der Waals surface area contributed by atoms with Gasteiger partial charge in [0.1, 0.15) is 0 Å². The average Bonchev–Trinajstić information content (AvgIpc) is 1.63. The van der Waals surface area contributed by atoms with Gasteiger partial charge in [0, 0.05) is 0 Å². The van der Waals surface area contributed by atoms with Crippen molar-refractivity contribution in [1.29, 1.82) is 0 Å². The van der Waals surface area contributed by atoms with Gasteiger partial charge in [0.25, 0.3) is 0 Å². The highest BCUT2D eigenvalue weighted by Gasteiger charge is 1.96. The summed E-state index contributed by atoms with van der Waals surface area (Å²) in [4.78, 5) is 19.4. The SMILES string of the molecule is NC(=O)O[CH]OC(N)=O. The van der Waals surface area contributed by atoms with E-state index >= 15 is 0 Å². The van der Waals surface area contributed by atoms with Crippen molar-refractivity contribution in [3.8, 4) is 0 Å². The van der Waals surface area contributed by atoms with Crippen molar-refractivity contribution in [2.24, 2.45) is 11.5 Å². The Morgan fingerprint density at radius 3 is 1.67 bits per heavy atom. The molecule has 0 saturated carbocycles. The molecule has 0 rings (SSSR count). The van der Waals surface area contributed by atoms with Gasteiger partial charge >= 0.3 is 19.0 Å². The molecule has 4 N–H and O–H groups in total. The Bertz CT molecular complexity index is 109. The standard InChI is InChI=1S/C3H5N2O4/c4-2(6)8-1-9-3(5)7/h1H,(H2,4,6)(H2,5,7). The fraction of sp³-hybridized carbons (Fsp3) is 0. The van der Waals surface area contributed by atoms with Gasteiger partial charge in [-0.3, -0.25) is 0 Å². The predicted molar refractivity (Wildman–Crippen MR) is 25.6 cm³/mol. The Labute approximate surface area is 50.7 Å². The number of rotatable bonds is 2. The number of carbonyl (C=O) groups is 2. The zero-order valence-corrected chi connectivity index (χ0v) is 4.37. The number of amides is 2. The fourth-order valence-corrected chi connectivity index (χ4v) is 0.119. The van der Waals surface area contributed by atoms with Gasteiger partial charge in [-0.1, -0.05) is 0 Å². The predicted octanol–water partition coefficient (Wildman–Crippen LogP) is -0.704. The summed E-state index contributed by atoms with van der Waals surface area (Å²) in [5.74, 6) is 0. The third kappa shape index (κ3) is 6.54. The van der Waals surface area contributed by atoms with Crippen molar-refractivity contribution in [3.05, 3.63) is 6.79 Å². The van der Waals surface area contributed by atoms with E-state index in [9.17, 15) is 9.59 Å². The zero-order chi connectivity index (χ0) is 7.28. The molecule has 0 aromatic heterocycles. The molecule has 51 valence electrons. The lowest BCUT2D eigenvalue weighted by atomic mass is 11.2. The van der Waals surface area contributed by atoms with E-state index in [-0.39, 0.29) is 0 Å². The van der Waals surface area contributed by atoms with E-state index in [1.54, 1.807) is 0 Å². The molecule has 0 atom stereocenters. The lowest BCUT2D eigenvalue weighted by Gasteiger charge is -1.96. The second-order valence-electron chi connectivity index (χ2n) is 0.970. The summed E-state index contributed by atoms with van der Waals surface area (Å²) >= 11 is 0. The molecule has 0 aliphatic rings. The second kappa shape index (κ2) is 3.53. The normalized spacial score (nSPS) is 8.00. The highest BCUT2D eigenvalue weighted by molar-refractivity contribution is 5.67. The van der Waals surface area contributed by atoms with E-state index in [0.717, 1.165) is 0 Å². The molecular weight excluding hydrogens is 128 g/mol. The first-order valence-electron chi connectivity index (χ1n) is 1.87. The highest BCUT2D eigenvalue weighted by atomic mass is 16.7. The van der Waals surface area contributed by atoms with Gasteiger partial charge in [-0.05, 0) is 0 Å². The number of hydrogen-bond acceptors (Lipinski definition) is 4. The maximum atomic E-state index is 9.72. The van der Waals surface area contributed by atoms with Gasteiger partial charge in [0.2, 0.25) is 0 Å². The topological polar surface area (TPSA) is 105 Å². The van der Waals surface area contributed by atoms with Crippen LogP contribution in [0, 0.1) is 6.79 Å². The minimum atomic E-state index is -1.07. The molecule has 9 heavy (non-hydrogen) atoms. The third-order valence-electron chi connectivity index (χ3n) is 0.329. The number of carbonyl (C=O) groups excluding carboxylic acids is 2. The lowest BCUT2D eigenvalue weighted by Crippen LogP contribution is -2.17. The molecule has 0 aliphatic heterocycles. The summed E-state index contributed by atoms with van der Waals surface area (Å²) in [6.45, 7) is 0.449. The molecule has 0 unspecified atom stereocenters. The molecule has 0 spiro atoms. The quantitative estimate of drug-likeness (QED) is 0.519. The minimum absolute atomic E-state index is 0.449. The number of nitrogens with two attached hydrogens (primary N) is 2. The van der Waals surface area contributed by atoms with E-state index in [4.69, 9.17) is 0 Å². The number of hydrogen-bond donors (Lipinski definition) is 2. The Kier molecular flexibility index (Phi) is 2.96. The first-order valence-corrected chi connectivity index (χ1v) is 1.87. The van der Waals surface area contributed by atoms with Crippen molar-refractivity contribution >= 4 is 12.2 Å². The van der Waals surface area contributed by atoms with Crippen LogP contribution in [0.4, 0.5) is 9.59 Å². The van der Waals surface area contributed by atoms with Gasteiger partial charge < -0.3 is 20.9 Å². The Hall–Kier alpha value is -1.46. The summed E-state index contributed by atoms with van der Waals surface area (Å²) < 4.78 is 7.69. The van der Waals surface area contributed by atoms with Gasteiger partial charge in [-0.15, -0.1) is 0 Å². The molecule has 0 aliphatic carbocycles. The molecule has 0 bridgehead atoms. The third-order valence-corrected chi connectivity index (χ3v) is 0.329. The summed E-state index contributed by atoms with van der Waals surface area (Å²) in [6.07, 6.45) is -2.15. The second-order valence-corrected chi connectivity index (χ2v) is 0.970. The molecule has 6 heteroatoms. The fourth-order valence-electron chi connectivity index (χ4n) is 0.119. The van der Waals surface area contributed by atoms with Crippen molar-refractivity contribution in [2.75, 3.05) is 0 Å². The Morgan fingerprint density at radius 1 is 1.11 bits per heavy atom. The zero-order valence-electron chi connectivity index (χ0n) is 4.37. The minimum Gasteiger partial charge on any atom is -0.401 e. The first-order chi connectivity index (χ1) is 4.13. The average molecular weight is 133 g/mol. The molecule has 0 fully saturated rings. The lowest BCUT2D eigenvalue weighted by molar-refractivity contribution is 0.0928.